The Hall–Kier alpha value is -6.78. The molecule has 20 nitrogen and oxygen atoms in total. The maximum atomic E-state index is 13.2. The van der Waals surface area contributed by atoms with Gasteiger partial charge in [-0.25, -0.2) is 4.79 Å². The molecule has 4 aromatic rings. The maximum absolute atomic E-state index is 13.2. The monoisotopic (exact) mass is 1100 g/mol. The standard InChI is InChI=1S/C52H59Cl3N6O14/c53-41-30-36(49(66)58-33-35-4-1-5-38(62)28-35)9-12-40(41)50(67)60-44(52(69)70)29-34-7-10-37(11-8-34)59-51(68)48-42(54)31-39(32-43(48)55)75-19-3-15-56-46(64)14-20-71-22-24-73-26-27-74-25-23-72-21-16-57-45(63)13-18-61-17-2-6-47(61)65/h1-2,4-12,28,30-32,44,62H,3,13-27,29,33H2,(H,56,64)(H,57,63)(H,58,66)(H,59,68)(H,60,67)(H,69,70). The van der Waals surface area contributed by atoms with Crippen LogP contribution < -0.4 is 31.3 Å². The van der Waals surface area contributed by atoms with E-state index in [1.54, 1.807) is 47.4 Å². The van der Waals surface area contributed by atoms with Crippen LogP contribution in [0.25, 0.3) is 0 Å². The second-order valence-electron chi connectivity index (χ2n) is 16.6. The molecule has 23 heteroatoms. The summed E-state index contributed by atoms with van der Waals surface area (Å²) < 4.78 is 27.6. The summed E-state index contributed by atoms with van der Waals surface area (Å²) in [6.45, 7) is 4.70. The van der Waals surface area contributed by atoms with Crippen LogP contribution in [0.3, 0.4) is 0 Å². The van der Waals surface area contributed by atoms with Crippen molar-refractivity contribution in [3.8, 4) is 11.5 Å². The number of carboxylic acids is 1. The lowest BCUT2D eigenvalue weighted by Gasteiger charge is -2.16. The topological polar surface area (TPSA) is 269 Å². The minimum absolute atomic E-state index is 0.00225. The average Bonchev–Trinajstić information content (AvgIpc) is 3.79. The normalized spacial score (nSPS) is 12.3. The molecule has 0 radical (unpaired) electrons. The van der Waals surface area contributed by atoms with Crippen LogP contribution in [-0.2, 0) is 51.1 Å². The van der Waals surface area contributed by atoms with E-state index in [0.29, 0.717) is 101 Å². The van der Waals surface area contributed by atoms with Crippen LogP contribution in [0.15, 0.2) is 91.0 Å². The number of amides is 6. The average molecular weight is 1100 g/mol. The number of nitrogens with one attached hydrogen (secondary N) is 5. The first-order chi connectivity index (χ1) is 36.2. The van der Waals surface area contributed by atoms with Crippen molar-refractivity contribution in [2.24, 2.45) is 0 Å². The molecule has 0 aliphatic carbocycles. The van der Waals surface area contributed by atoms with Gasteiger partial charge in [0, 0.05) is 69.3 Å². The number of carbonyl (C=O) groups excluding carboxylic acids is 6. The predicted octanol–water partition coefficient (Wildman–Crippen LogP) is 5.21. The number of aromatic hydroxyl groups is 1. The molecule has 7 N–H and O–H groups in total. The summed E-state index contributed by atoms with van der Waals surface area (Å²) in [6.07, 6.45) is 4.03. The van der Waals surface area contributed by atoms with Gasteiger partial charge in [-0.15, -0.1) is 0 Å². The molecule has 5 rings (SSSR count). The third-order valence-electron chi connectivity index (χ3n) is 10.9. The van der Waals surface area contributed by atoms with Crippen LogP contribution in [0.2, 0.25) is 15.1 Å². The van der Waals surface area contributed by atoms with Crippen LogP contribution >= 0.6 is 34.8 Å². The summed E-state index contributed by atoms with van der Waals surface area (Å²) in [7, 11) is 0. The molecule has 0 spiro atoms. The highest BCUT2D eigenvalue weighted by atomic mass is 35.5. The molecule has 1 heterocycles. The number of ether oxygens (including phenoxy) is 5. The number of rotatable bonds is 33. The van der Waals surface area contributed by atoms with Crippen LogP contribution in [-0.4, -0.2) is 148 Å². The van der Waals surface area contributed by atoms with E-state index in [9.17, 15) is 43.8 Å². The molecule has 0 bridgehead atoms. The summed E-state index contributed by atoms with van der Waals surface area (Å²) in [5.41, 5.74) is 1.68. The zero-order valence-electron chi connectivity index (χ0n) is 40.8. The molecule has 0 saturated carbocycles. The lowest BCUT2D eigenvalue weighted by molar-refractivity contribution is -0.139. The van der Waals surface area contributed by atoms with Gasteiger partial charge in [0.2, 0.25) is 17.7 Å². The van der Waals surface area contributed by atoms with Gasteiger partial charge in [0.15, 0.2) is 0 Å². The first-order valence-electron chi connectivity index (χ1n) is 23.9. The Labute approximate surface area is 448 Å². The highest BCUT2D eigenvalue weighted by molar-refractivity contribution is 6.40. The maximum Gasteiger partial charge on any atom is 0.326 e. The van der Waals surface area contributed by atoms with Crippen molar-refractivity contribution in [1.29, 1.82) is 0 Å². The molecule has 0 fully saturated rings. The van der Waals surface area contributed by atoms with E-state index >= 15 is 0 Å². The highest BCUT2D eigenvalue weighted by Crippen LogP contribution is 2.31. The lowest BCUT2D eigenvalue weighted by Crippen LogP contribution is -2.42. The third-order valence-corrected chi connectivity index (χ3v) is 11.8. The van der Waals surface area contributed by atoms with Gasteiger partial charge < -0.3 is 65.4 Å². The first kappa shape index (κ1) is 59.1. The predicted molar refractivity (Wildman–Crippen MR) is 279 cm³/mol. The Balaban J connectivity index is 0.891. The summed E-state index contributed by atoms with van der Waals surface area (Å²) in [4.78, 5) is 88.4. The van der Waals surface area contributed by atoms with Gasteiger partial charge in [0.05, 0.1) is 85.7 Å². The Kier molecular flexibility index (Phi) is 25.1. The van der Waals surface area contributed by atoms with Crippen molar-refractivity contribution in [3.63, 3.8) is 0 Å². The van der Waals surface area contributed by atoms with E-state index in [4.69, 9.17) is 58.5 Å². The van der Waals surface area contributed by atoms with Crippen LogP contribution in [0, 0.1) is 0 Å². The van der Waals surface area contributed by atoms with E-state index in [0.717, 1.165) is 0 Å². The van der Waals surface area contributed by atoms with Gasteiger partial charge in [0.25, 0.3) is 17.7 Å². The van der Waals surface area contributed by atoms with Gasteiger partial charge in [-0.1, -0.05) is 65.1 Å². The smallest absolute Gasteiger partial charge is 0.326 e. The SMILES string of the molecule is O=C(CCOCCOCCOCCOCCNC(=O)CCN1CC=CC1=O)NCCCOc1cc(Cl)c(C(=O)Nc2ccc(CC(NC(=O)c3ccc(C(=O)NCc4cccc(O)c4)cc3Cl)C(=O)O)cc2)c(Cl)c1. The minimum Gasteiger partial charge on any atom is -0.508 e. The Morgan fingerprint density at radius 1 is 0.653 bits per heavy atom. The van der Waals surface area contributed by atoms with E-state index < -0.39 is 29.7 Å². The molecular formula is C52H59Cl3N6O14. The number of halogens is 3. The number of aliphatic carboxylic acids is 1. The number of carboxylic acid groups (broad SMARTS) is 1. The fourth-order valence-corrected chi connectivity index (χ4v) is 7.91. The molecule has 0 saturated heterocycles. The zero-order valence-corrected chi connectivity index (χ0v) is 43.1. The molecule has 1 aliphatic rings. The van der Waals surface area contributed by atoms with E-state index in [1.807, 2.05) is 0 Å². The Morgan fingerprint density at radius 2 is 1.31 bits per heavy atom. The number of hydrogen-bond donors (Lipinski definition) is 7. The molecule has 1 atom stereocenters. The van der Waals surface area contributed by atoms with E-state index in [-0.39, 0.29) is 94.3 Å². The fraction of sp³-hybridized carbons (Fsp3) is 0.365. The number of carbonyl (C=O) groups is 7. The summed E-state index contributed by atoms with van der Waals surface area (Å²) in [5.74, 6) is -3.18. The Morgan fingerprint density at radius 3 is 1.95 bits per heavy atom. The molecular weight excluding hydrogens is 1040 g/mol. The van der Waals surface area contributed by atoms with Crippen molar-refractivity contribution in [3.05, 3.63) is 134 Å². The van der Waals surface area contributed by atoms with Gasteiger partial charge in [0.1, 0.15) is 17.5 Å². The number of phenolic OH excluding ortho intramolecular Hbond substituents is 1. The molecule has 1 aliphatic heterocycles. The van der Waals surface area contributed by atoms with Gasteiger partial charge >= 0.3 is 5.97 Å². The quantitative estimate of drug-likeness (QED) is 0.0302. The number of anilines is 1. The molecule has 4 aromatic carbocycles. The van der Waals surface area contributed by atoms with Crippen LogP contribution in [0.4, 0.5) is 5.69 Å². The van der Waals surface area contributed by atoms with Crippen molar-refractivity contribution < 1.29 is 67.5 Å². The summed E-state index contributed by atoms with van der Waals surface area (Å²) in [5, 5.41) is 33.0. The Bertz CT molecular complexity index is 2600. The summed E-state index contributed by atoms with van der Waals surface area (Å²) in [6, 6.07) is 18.2. The third kappa shape index (κ3) is 21.2. The minimum atomic E-state index is -1.36. The van der Waals surface area contributed by atoms with Gasteiger partial charge in [-0.3, -0.25) is 28.8 Å². The van der Waals surface area contributed by atoms with Gasteiger partial charge in [-0.2, -0.15) is 0 Å². The van der Waals surface area contributed by atoms with E-state index in [1.165, 1.54) is 48.5 Å². The molecule has 6 amide bonds. The second-order valence-corrected chi connectivity index (χ2v) is 17.8. The van der Waals surface area contributed by atoms with Crippen molar-refractivity contribution in [2.45, 2.75) is 38.3 Å². The highest BCUT2D eigenvalue weighted by Gasteiger charge is 2.24. The van der Waals surface area contributed by atoms with Gasteiger partial charge in [-0.05, 0) is 72.1 Å². The summed E-state index contributed by atoms with van der Waals surface area (Å²) >= 11 is 19.3. The number of nitrogens with zero attached hydrogens (tertiary/aromatic N) is 1. The largest absolute Gasteiger partial charge is 0.508 e. The van der Waals surface area contributed by atoms with E-state index in [2.05, 4.69) is 26.6 Å². The zero-order chi connectivity index (χ0) is 54.0. The first-order valence-corrected chi connectivity index (χ1v) is 25.0. The number of benzene rings is 4. The van der Waals surface area contributed by atoms with Crippen molar-refractivity contribution in [2.75, 3.05) is 91.0 Å². The molecule has 0 aromatic heterocycles. The number of hydrogen-bond acceptors (Lipinski definition) is 13. The van der Waals surface area contributed by atoms with Crippen LogP contribution in [0.1, 0.15) is 61.5 Å². The van der Waals surface area contributed by atoms with Crippen LogP contribution in [0.5, 0.6) is 11.5 Å². The lowest BCUT2D eigenvalue weighted by atomic mass is 10.0. The number of phenols is 1. The molecule has 402 valence electrons. The fourth-order valence-electron chi connectivity index (χ4n) is 7.00. The van der Waals surface area contributed by atoms with Crippen molar-refractivity contribution in [1.82, 2.24) is 26.2 Å². The molecule has 1 unspecified atom stereocenters. The molecule has 75 heavy (non-hydrogen) atoms. The van der Waals surface area contributed by atoms with Crippen molar-refractivity contribution >= 4 is 81.9 Å². The second kappa shape index (κ2) is 31.8.